The van der Waals surface area contributed by atoms with Crippen molar-refractivity contribution >= 4 is 11.9 Å². The third-order valence-corrected chi connectivity index (χ3v) is 8.75. The van der Waals surface area contributed by atoms with Crippen LogP contribution in [0.25, 0.3) is 0 Å². The van der Waals surface area contributed by atoms with Gasteiger partial charge in [0.1, 0.15) is 23.9 Å². The second-order valence-electron chi connectivity index (χ2n) is 12.3. The summed E-state index contributed by atoms with van der Waals surface area (Å²) < 4.78 is 38.5. The third-order valence-electron chi connectivity index (χ3n) is 8.75. The largest absolute Gasteiger partial charge is 0.453 e. The fraction of sp³-hybridized carbons (Fsp3) is 0.256. The zero-order valence-corrected chi connectivity index (χ0v) is 28.7. The predicted molar refractivity (Wildman–Crippen MR) is 191 cm³/mol. The lowest BCUT2D eigenvalue weighted by Crippen LogP contribution is -2.62. The van der Waals surface area contributed by atoms with E-state index in [1.54, 1.807) is 0 Å². The van der Waals surface area contributed by atoms with Gasteiger partial charge in [-0.1, -0.05) is 152 Å². The van der Waals surface area contributed by atoms with E-state index in [2.05, 4.69) is 0 Å². The second kappa shape index (κ2) is 17.2. The lowest BCUT2D eigenvalue weighted by Gasteiger charge is -2.46. The highest BCUT2D eigenvalue weighted by Crippen LogP contribution is 2.41. The number of hydrogen-bond acceptors (Lipinski definition) is 8. The van der Waals surface area contributed by atoms with Crippen molar-refractivity contribution in [1.29, 1.82) is 0 Å². The van der Waals surface area contributed by atoms with Gasteiger partial charge in [0, 0.05) is 13.8 Å². The molecule has 51 heavy (non-hydrogen) atoms. The fourth-order valence-corrected chi connectivity index (χ4v) is 6.49. The van der Waals surface area contributed by atoms with Gasteiger partial charge in [-0.05, 0) is 27.8 Å². The molecule has 1 aliphatic heterocycles. The molecule has 5 atom stereocenters. The Balaban J connectivity index is 1.43. The van der Waals surface area contributed by atoms with Crippen molar-refractivity contribution in [3.8, 4) is 0 Å². The van der Waals surface area contributed by atoms with Gasteiger partial charge in [-0.3, -0.25) is 9.59 Å². The maximum atomic E-state index is 12.5. The van der Waals surface area contributed by atoms with E-state index < -0.39 is 48.2 Å². The lowest BCUT2D eigenvalue weighted by atomic mass is 9.80. The zero-order valence-electron chi connectivity index (χ0n) is 28.7. The summed E-state index contributed by atoms with van der Waals surface area (Å²) in [5, 5.41) is 0. The summed E-state index contributed by atoms with van der Waals surface area (Å²) in [4.78, 5) is 25.0. The van der Waals surface area contributed by atoms with Crippen LogP contribution in [0.5, 0.6) is 0 Å². The smallest absolute Gasteiger partial charge is 0.305 e. The summed E-state index contributed by atoms with van der Waals surface area (Å²) in [6.45, 7) is 2.94. The highest BCUT2D eigenvalue weighted by atomic mass is 16.7. The number of rotatable bonds is 14. The number of benzene rings is 5. The van der Waals surface area contributed by atoms with Crippen LogP contribution in [-0.4, -0.2) is 49.3 Å². The van der Waals surface area contributed by atoms with Gasteiger partial charge in [0.25, 0.3) is 0 Å². The molecule has 0 aromatic heterocycles. The number of hydrogen-bond donors (Lipinski definition) is 0. The first-order chi connectivity index (χ1) is 24.9. The van der Waals surface area contributed by atoms with Crippen LogP contribution >= 0.6 is 0 Å². The van der Waals surface area contributed by atoms with Gasteiger partial charge >= 0.3 is 11.9 Å². The van der Waals surface area contributed by atoms with Gasteiger partial charge in [-0.15, -0.1) is 0 Å². The average molecular weight is 687 g/mol. The van der Waals surface area contributed by atoms with E-state index in [0.717, 1.165) is 27.8 Å². The quantitative estimate of drug-likeness (QED) is 0.0883. The molecule has 0 saturated carbocycles. The minimum atomic E-state index is -1.29. The van der Waals surface area contributed by atoms with Crippen LogP contribution in [0, 0.1) is 0 Å². The standard InChI is InChI=1S/C43H42O8/c1-31(44)49-41-40(47-29-34-20-10-4-11-21-34)39(46-28-33-18-8-3-9-19-33)38(51-42(41)50-32(2)45)30-48-43(35-22-12-5-13-23-35,36-24-14-6-15-25-36)37-26-16-7-17-27-37/h3-27,38-42H,28-30H2,1-2H3/t38-,39+,40-,41-,42-/m0/s1. The summed E-state index contributed by atoms with van der Waals surface area (Å²) >= 11 is 0. The molecule has 0 aliphatic carbocycles. The van der Waals surface area contributed by atoms with Crippen LogP contribution in [0.3, 0.4) is 0 Å². The Bertz CT molecular complexity index is 1710. The van der Waals surface area contributed by atoms with Crippen molar-refractivity contribution < 1.29 is 38.0 Å². The van der Waals surface area contributed by atoms with Crippen molar-refractivity contribution in [1.82, 2.24) is 0 Å². The Morgan fingerprint density at radius 1 is 0.529 bits per heavy atom. The molecule has 0 N–H and O–H groups in total. The van der Waals surface area contributed by atoms with Crippen molar-refractivity contribution in [2.45, 2.75) is 63.4 Å². The van der Waals surface area contributed by atoms with E-state index in [1.807, 2.05) is 152 Å². The van der Waals surface area contributed by atoms with Crippen molar-refractivity contribution in [3.63, 3.8) is 0 Å². The summed E-state index contributed by atoms with van der Waals surface area (Å²) in [5.41, 5.74) is 3.49. The van der Waals surface area contributed by atoms with Crippen LogP contribution in [0.15, 0.2) is 152 Å². The molecule has 8 heteroatoms. The Kier molecular flexibility index (Phi) is 12.0. The van der Waals surface area contributed by atoms with Crippen LogP contribution < -0.4 is 0 Å². The van der Waals surface area contributed by atoms with Crippen LogP contribution in [0.1, 0.15) is 41.7 Å². The fourth-order valence-electron chi connectivity index (χ4n) is 6.49. The monoisotopic (exact) mass is 686 g/mol. The number of carbonyl (C=O) groups excluding carboxylic acids is 2. The molecule has 5 aromatic carbocycles. The normalized spacial score (nSPS) is 20.3. The molecular weight excluding hydrogens is 644 g/mol. The van der Waals surface area contributed by atoms with Gasteiger partial charge in [-0.2, -0.15) is 0 Å². The van der Waals surface area contributed by atoms with Crippen molar-refractivity contribution in [2.24, 2.45) is 0 Å². The molecule has 5 aromatic rings. The maximum absolute atomic E-state index is 12.5. The van der Waals surface area contributed by atoms with Gasteiger partial charge in [0.05, 0.1) is 19.8 Å². The second-order valence-corrected chi connectivity index (χ2v) is 12.3. The average Bonchev–Trinajstić information content (AvgIpc) is 3.16. The first kappa shape index (κ1) is 35.7. The lowest BCUT2D eigenvalue weighted by molar-refractivity contribution is -0.314. The summed E-state index contributed by atoms with van der Waals surface area (Å²) in [6.07, 6.45) is -5.01. The minimum absolute atomic E-state index is 0.0199. The molecule has 1 fully saturated rings. The zero-order chi connectivity index (χ0) is 35.5. The molecular formula is C43H42O8. The first-order valence-electron chi connectivity index (χ1n) is 17.1. The molecule has 1 heterocycles. The first-order valence-corrected chi connectivity index (χ1v) is 17.1. The Morgan fingerprint density at radius 2 is 0.922 bits per heavy atom. The van der Waals surface area contributed by atoms with Gasteiger partial charge in [0.15, 0.2) is 6.10 Å². The van der Waals surface area contributed by atoms with Crippen molar-refractivity contribution in [3.05, 3.63) is 179 Å². The molecule has 0 unspecified atom stereocenters. The van der Waals surface area contributed by atoms with Crippen molar-refractivity contribution in [2.75, 3.05) is 6.61 Å². The van der Waals surface area contributed by atoms with E-state index in [-0.39, 0.29) is 19.8 Å². The van der Waals surface area contributed by atoms with Gasteiger partial charge < -0.3 is 28.4 Å². The summed E-state index contributed by atoms with van der Waals surface area (Å²) in [7, 11) is 0. The predicted octanol–water partition coefficient (Wildman–Crippen LogP) is 7.39. The van der Waals surface area contributed by atoms with E-state index in [4.69, 9.17) is 28.4 Å². The summed E-state index contributed by atoms with van der Waals surface area (Å²) in [6, 6.07) is 49.4. The molecule has 262 valence electrons. The van der Waals surface area contributed by atoms with Crippen LogP contribution in [0.2, 0.25) is 0 Å². The molecule has 0 spiro atoms. The molecule has 0 radical (unpaired) electrons. The third kappa shape index (κ3) is 8.79. The highest BCUT2D eigenvalue weighted by molar-refractivity contribution is 5.67. The number of esters is 2. The number of carbonyl (C=O) groups is 2. The molecule has 6 rings (SSSR count). The molecule has 0 bridgehead atoms. The van der Waals surface area contributed by atoms with E-state index in [9.17, 15) is 9.59 Å². The molecule has 0 amide bonds. The Labute approximate surface area is 298 Å². The molecule has 1 aliphatic rings. The SMILES string of the molecule is CC(=O)O[C@H]1O[C@@H](COC(c2ccccc2)(c2ccccc2)c2ccccc2)[C@@H](OCc2ccccc2)[C@H](OCc2ccccc2)[C@@H]1OC(C)=O. The van der Waals surface area contributed by atoms with Crippen LogP contribution in [0.4, 0.5) is 0 Å². The van der Waals surface area contributed by atoms with Gasteiger partial charge in [-0.25, -0.2) is 0 Å². The van der Waals surface area contributed by atoms with E-state index in [1.165, 1.54) is 13.8 Å². The molecule has 8 nitrogen and oxygen atoms in total. The topological polar surface area (TPSA) is 89.5 Å². The molecule has 1 saturated heterocycles. The Morgan fingerprint density at radius 3 is 1.33 bits per heavy atom. The highest BCUT2D eigenvalue weighted by Gasteiger charge is 2.52. The van der Waals surface area contributed by atoms with Gasteiger partial charge in [0.2, 0.25) is 6.29 Å². The summed E-state index contributed by atoms with van der Waals surface area (Å²) in [5.74, 6) is -1.18. The maximum Gasteiger partial charge on any atom is 0.305 e. The van der Waals surface area contributed by atoms with E-state index in [0.29, 0.717) is 0 Å². The van der Waals surface area contributed by atoms with E-state index >= 15 is 0 Å². The Hall–Kier alpha value is -5.12. The van der Waals surface area contributed by atoms with Crippen LogP contribution in [-0.2, 0) is 56.8 Å². The minimum Gasteiger partial charge on any atom is -0.453 e. The number of ether oxygens (including phenoxy) is 6.